The molecular weight excluding hydrogens is 342 g/mol. The Balaban J connectivity index is 1.75. The fourth-order valence-electron chi connectivity index (χ4n) is 2.20. The number of hydrogen-bond donors (Lipinski definition) is 1. The number of methoxy groups -OCH3 is 1. The summed E-state index contributed by atoms with van der Waals surface area (Å²) in [6.45, 7) is 0.0584. The predicted octanol–water partition coefficient (Wildman–Crippen LogP) is 1.36. The van der Waals surface area contributed by atoms with Crippen molar-refractivity contribution in [3.8, 4) is 17.0 Å². The second-order valence-corrected chi connectivity index (χ2v) is 7.06. The van der Waals surface area contributed by atoms with E-state index in [1.54, 1.807) is 20.2 Å². The first kappa shape index (κ1) is 17.1. The smallest absolute Gasteiger partial charge is 0.244 e. The van der Waals surface area contributed by atoms with Gasteiger partial charge in [-0.1, -0.05) is 0 Å². The van der Waals surface area contributed by atoms with Crippen LogP contribution in [0.2, 0.25) is 0 Å². The van der Waals surface area contributed by atoms with Gasteiger partial charge in [0.1, 0.15) is 17.0 Å². The summed E-state index contributed by atoms with van der Waals surface area (Å²) < 4.78 is 33.5. The van der Waals surface area contributed by atoms with Crippen molar-refractivity contribution in [3.63, 3.8) is 0 Å². The van der Waals surface area contributed by atoms with Gasteiger partial charge in [0, 0.05) is 18.8 Å². The highest BCUT2D eigenvalue weighted by atomic mass is 32.2. The Morgan fingerprint density at radius 3 is 2.60 bits per heavy atom. The first-order chi connectivity index (χ1) is 12.0. The number of benzene rings is 1. The first-order valence-corrected chi connectivity index (χ1v) is 8.90. The van der Waals surface area contributed by atoms with Crippen molar-refractivity contribution in [1.29, 1.82) is 0 Å². The Labute approximate surface area is 145 Å². The average Bonchev–Trinajstić information content (AvgIpc) is 3.08. The van der Waals surface area contributed by atoms with Crippen LogP contribution in [0, 0.1) is 0 Å². The maximum absolute atomic E-state index is 12.2. The summed E-state index contributed by atoms with van der Waals surface area (Å²) in [5.74, 6) is 0.752. The zero-order chi connectivity index (χ0) is 17.9. The molecule has 1 aromatic carbocycles. The zero-order valence-corrected chi connectivity index (χ0v) is 14.6. The van der Waals surface area contributed by atoms with E-state index in [-0.39, 0.29) is 11.4 Å². The summed E-state index contributed by atoms with van der Waals surface area (Å²) in [4.78, 5) is 8.46. The second kappa shape index (κ2) is 6.99. The molecule has 0 spiro atoms. The lowest BCUT2D eigenvalue weighted by atomic mass is 10.1. The third-order valence-corrected chi connectivity index (χ3v) is 4.90. The van der Waals surface area contributed by atoms with Gasteiger partial charge in [0.25, 0.3) is 0 Å². The number of aryl methyl sites for hydroxylation is 1. The van der Waals surface area contributed by atoms with Crippen LogP contribution in [0.25, 0.3) is 11.3 Å². The normalized spacial score (nSPS) is 11.4. The van der Waals surface area contributed by atoms with Crippen LogP contribution in [0.4, 0.5) is 0 Å². The van der Waals surface area contributed by atoms with Crippen LogP contribution in [-0.2, 0) is 23.6 Å². The zero-order valence-electron chi connectivity index (χ0n) is 13.7. The van der Waals surface area contributed by atoms with Gasteiger partial charge in [0.15, 0.2) is 0 Å². The van der Waals surface area contributed by atoms with E-state index in [9.17, 15) is 8.42 Å². The predicted molar refractivity (Wildman–Crippen MR) is 91.3 cm³/mol. The lowest BCUT2D eigenvalue weighted by Crippen LogP contribution is -2.23. The van der Waals surface area contributed by atoms with Crippen molar-refractivity contribution in [2.75, 3.05) is 7.11 Å². The number of sulfonamides is 1. The van der Waals surface area contributed by atoms with E-state index >= 15 is 0 Å². The molecule has 0 amide bonds. The number of ether oxygens (including phenoxy) is 1. The molecule has 0 saturated carbocycles. The summed E-state index contributed by atoms with van der Waals surface area (Å²) in [6, 6.07) is 9.17. The summed E-state index contributed by atoms with van der Waals surface area (Å²) in [5, 5.41) is 3.87. The maximum Gasteiger partial charge on any atom is 0.244 e. The lowest BCUT2D eigenvalue weighted by molar-refractivity contribution is 0.415. The molecule has 0 saturated heterocycles. The monoisotopic (exact) mass is 359 g/mol. The number of hydrogen-bond acceptors (Lipinski definition) is 6. The molecule has 3 aromatic rings. The highest BCUT2D eigenvalue weighted by molar-refractivity contribution is 7.89. The molecule has 0 bridgehead atoms. The third-order valence-electron chi connectivity index (χ3n) is 3.54. The van der Waals surface area contributed by atoms with Crippen LogP contribution in [0.3, 0.4) is 0 Å². The van der Waals surface area contributed by atoms with E-state index in [1.165, 1.54) is 23.4 Å². The Hall–Kier alpha value is -2.78. The van der Waals surface area contributed by atoms with E-state index in [1.807, 2.05) is 24.3 Å². The molecule has 0 aliphatic heterocycles. The minimum Gasteiger partial charge on any atom is -0.497 e. The van der Waals surface area contributed by atoms with Crippen molar-refractivity contribution < 1.29 is 13.2 Å². The topological polar surface area (TPSA) is 99.0 Å². The third kappa shape index (κ3) is 4.01. The summed E-state index contributed by atoms with van der Waals surface area (Å²) >= 11 is 0. The highest BCUT2D eigenvalue weighted by Crippen LogP contribution is 2.20. The van der Waals surface area contributed by atoms with Gasteiger partial charge in [-0.3, -0.25) is 4.68 Å². The standard InChI is InChI=1S/C16H17N5O3S/c1-21-10-15(9-19-21)25(22,23)20-8-13-7-16(18-11-17-13)12-3-5-14(24-2)6-4-12/h3-7,9-11,20H,8H2,1-2H3. The van der Waals surface area contributed by atoms with Crippen LogP contribution in [0.5, 0.6) is 5.75 Å². The SMILES string of the molecule is COc1ccc(-c2cc(CNS(=O)(=O)c3cnn(C)c3)ncn2)cc1. The van der Waals surface area contributed by atoms with Crippen molar-refractivity contribution in [2.45, 2.75) is 11.4 Å². The van der Waals surface area contributed by atoms with Gasteiger partial charge in [-0.2, -0.15) is 5.10 Å². The second-order valence-electron chi connectivity index (χ2n) is 5.30. The van der Waals surface area contributed by atoms with Gasteiger partial charge in [-0.05, 0) is 30.3 Å². The molecule has 0 aliphatic rings. The van der Waals surface area contributed by atoms with Gasteiger partial charge in [-0.15, -0.1) is 0 Å². The Bertz CT molecular complexity index is 967. The summed E-state index contributed by atoms with van der Waals surface area (Å²) in [7, 11) is -0.374. The number of aromatic nitrogens is 4. The van der Waals surface area contributed by atoms with Crippen molar-refractivity contribution in [3.05, 3.63) is 54.7 Å². The lowest BCUT2D eigenvalue weighted by Gasteiger charge is -2.07. The number of nitrogens with zero attached hydrogens (tertiary/aromatic N) is 4. The van der Waals surface area contributed by atoms with Gasteiger partial charge < -0.3 is 4.74 Å². The molecule has 8 nitrogen and oxygen atoms in total. The molecule has 0 unspecified atom stereocenters. The van der Waals surface area contributed by atoms with Crippen molar-refractivity contribution >= 4 is 10.0 Å². The molecule has 2 heterocycles. The summed E-state index contributed by atoms with van der Waals surface area (Å²) in [6.07, 6.45) is 4.14. The molecule has 130 valence electrons. The first-order valence-electron chi connectivity index (χ1n) is 7.41. The van der Waals surface area contributed by atoms with Crippen LogP contribution < -0.4 is 9.46 Å². The van der Waals surface area contributed by atoms with Crippen molar-refractivity contribution in [2.24, 2.45) is 7.05 Å². The molecule has 0 radical (unpaired) electrons. The van der Waals surface area contributed by atoms with Crippen molar-refractivity contribution in [1.82, 2.24) is 24.5 Å². The van der Waals surface area contributed by atoms with Gasteiger partial charge in [-0.25, -0.2) is 23.1 Å². The molecule has 0 atom stereocenters. The largest absolute Gasteiger partial charge is 0.497 e. The van der Waals surface area contributed by atoms with Gasteiger partial charge in [0.2, 0.25) is 10.0 Å². The molecule has 3 rings (SSSR count). The Morgan fingerprint density at radius 1 is 1.20 bits per heavy atom. The maximum atomic E-state index is 12.2. The fraction of sp³-hybridized carbons (Fsp3) is 0.188. The highest BCUT2D eigenvalue weighted by Gasteiger charge is 2.16. The Kier molecular flexibility index (Phi) is 4.77. The van der Waals surface area contributed by atoms with E-state index in [4.69, 9.17) is 4.74 Å². The molecule has 2 aromatic heterocycles. The molecule has 9 heteroatoms. The Morgan fingerprint density at radius 2 is 1.96 bits per heavy atom. The minimum absolute atomic E-state index is 0.0584. The minimum atomic E-state index is -3.63. The van der Waals surface area contributed by atoms with Crippen LogP contribution in [0.1, 0.15) is 5.69 Å². The number of nitrogens with one attached hydrogen (secondary N) is 1. The molecule has 0 fully saturated rings. The molecular formula is C16H17N5O3S. The van der Waals surface area contributed by atoms with E-state index < -0.39 is 10.0 Å². The number of rotatable bonds is 6. The quantitative estimate of drug-likeness (QED) is 0.713. The van der Waals surface area contributed by atoms with Crippen LogP contribution in [0.15, 0.2) is 53.9 Å². The van der Waals surface area contributed by atoms with E-state index in [0.29, 0.717) is 11.4 Å². The average molecular weight is 359 g/mol. The molecule has 25 heavy (non-hydrogen) atoms. The van der Waals surface area contributed by atoms with Gasteiger partial charge >= 0.3 is 0 Å². The summed E-state index contributed by atoms with van der Waals surface area (Å²) in [5.41, 5.74) is 2.15. The van der Waals surface area contributed by atoms with Crippen LogP contribution in [-0.4, -0.2) is 35.3 Å². The van der Waals surface area contributed by atoms with E-state index in [2.05, 4.69) is 19.8 Å². The molecule has 0 aliphatic carbocycles. The van der Waals surface area contributed by atoms with E-state index in [0.717, 1.165) is 11.3 Å². The van der Waals surface area contributed by atoms with Crippen LogP contribution >= 0.6 is 0 Å². The fourth-order valence-corrected chi connectivity index (χ4v) is 3.19. The molecule has 1 N–H and O–H groups in total. The van der Waals surface area contributed by atoms with Gasteiger partial charge in [0.05, 0.1) is 31.2 Å².